The van der Waals surface area contributed by atoms with Crippen LogP contribution in [0.1, 0.15) is 30.0 Å². The lowest BCUT2D eigenvalue weighted by atomic mass is 9.92. The molecule has 0 spiro atoms. The summed E-state index contributed by atoms with van der Waals surface area (Å²) in [5.41, 5.74) is 3.22. The highest BCUT2D eigenvalue weighted by molar-refractivity contribution is 6.08. The smallest absolute Gasteiger partial charge is 0.318 e. The molecule has 7 nitrogen and oxygen atoms in total. The van der Waals surface area contributed by atoms with E-state index in [2.05, 4.69) is 10.7 Å². The van der Waals surface area contributed by atoms with Gasteiger partial charge in [0.2, 0.25) is 5.91 Å². The third-order valence-corrected chi connectivity index (χ3v) is 4.50. The summed E-state index contributed by atoms with van der Waals surface area (Å²) in [6, 6.07) is 17.1. The highest BCUT2D eigenvalue weighted by Crippen LogP contribution is 2.27. The highest BCUT2D eigenvalue weighted by atomic mass is 16.2. The standard InChI is InChI=1S/C20H18N4O3/c1-20(16-5-3-2-4-6-16)18(26)24(19(27)22-20)23-17(25)12-11-14-7-9-15(13-21)10-8-14/h2-10H,11-12H2,1H3,(H,22,27)(H,23,25). The van der Waals surface area contributed by atoms with Crippen molar-refractivity contribution in [3.8, 4) is 6.07 Å². The summed E-state index contributed by atoms with van der Waals surface area (Å²) in [4.78, 5) is 37.1. The lowest BCUT2D eigenvalue weighted by molar-refractivity contribution is -0.138. The minimum absolute atomic E-state index is 0.102. The van der Waals surface area contributed by atoms with E-state index < -0.39 is 23.4 Å². The highest BCUT2D eigenvalue weighted by Gasteiger charge is 2.49. The number of aryl methyl sites for hydroxylation is 1. The number of hydrazine groups is 1. The zero-order valence-electron chi connectivity index (χ0n) is 14.7. The van der Waals surface area contributed by atoms with Crippen LogP contribution in [-0.2, 0) is 21.5 Å². The lowest BCUT2D eigenvalue weighted by Crippen LogP contribution is -2.48. The molecule has 0 saturated carbocycles. The van der Waals surface area contributed by atoms with Crippen molar-refractivity contribution in [2.75, 3.05) is 0 Å². The molecule has 0 aliphatic carbocycles. The third kappa shape index (κ3) is 3.65. The Kier molecular flexibility index (Phi) is 4.90. The van der Waals surface area contributed by atoms with E-state index in [4.69, 9.17) is 5.26 Å². The molecule has 0 radical (unpaired) electrons. The Balaban J connectivity index is 1.63. The van der Waals surface area contributed by atoms with Crippen LogP contribution in [0, 0.1) is 11.3 Å². The topological polar surface area (TPSA) is 102 Å². The molecule has 1 aliphatic rings. The minimum atomic E-state index is -1.22. The molecule has 1 aliphatic heterocycles. The molecular weight excluding hydrogens is 344 g/mol. The van der Waals surface area contributed by atoms with E-state index in [1.54, 1.807) is 55.5 Å². The third-order valence-electron chi connectivity index (χ3n) is 4.50. The number of nitriles is 1. The van der Waals surface area contributed by atoms with E-state index in [9.17, 15) is 14.4 Å². The average Bonchev–Trinajstić information content (AvgIpc) is 2.91. The van der Waals surface area contributed by atoms with Crippen molar-refractivity contribution in [3.63, 3.8) is 0 Å². The molecule has 7 heteroatoms. The van der Waals surface area contributed by atoms with Gasteiger partial charge in [-0.1, -0.05) is 42.5 Å². The molecule has 1 unspecified atom stereocenters. The summed E-state index contributed by atoms with van der Waals surface area (Å²) >= 11 is 0. The van der Waals surface area contributed by atoms with E-state index in [1.165, 1.54) is 0 Å². The fourth-order valence-electron chi connectivity index (χ4n) is 2.89. The molecular formula is C20H18N4O3. The van der Waals surface area contributed by atoms with Crippen LogP contribution < -0.4 is 10.7 Å². The zero-order valence-corrected chi connectivity index (χ0v) is 14.7. The minimum Gasteiger partial charge on any atom is -0.318 e. The Hall–Kier alpha value is -3.66. The molecule has 0 aromatic heterocycles. The summed E-state index contributed by atoms with van der Waals surface area (Å²) in [5.74, 6) is -0.981. The van der Waals surface area contributed by atoms with Gasteiger partial charge in [-0.25, -0.2) is 4.79 Å². The maximum atomic E-state index is 12.7. The van der Waals surface area contributed by atoms with Crippen molar-refractivity contribution in [1.82, 2.24) is 15.8 Å². The van der Waals surface area contributed by atoms with E-state index in [0.29, 0.717) is 17.5 Å². The van der Waals surface area contributed by atoms with Gasteiger partial charge in [0.25, 0.3) is 5.91 Å². The van der Waals surface area contributed by atoms with Gasteiger partial charge < -0.3 is 5.32 Å². The molecule has 27 heavy (non-hydrogen) atoms. The van der Waals surface area contributed by atoms with Gasteiger partial charge in [-0.3, -0.25) is 15.0 Å². The molecule has 1 atom stereocenters. The molecule has 4 amide bonds. The fraction of sp³-hybridized carbons (Fsp3) is 0.200. The second-order valence-corrected chi connectivity index (χ2v) is 6.41. The first-order chi connectivity index (χ1) is 12.9. The number of carbonyl (C=O) groups is 3. The van der Waals surface area contributed by atoms with Crippen LogP contribution >= 0.6 is 0 Å². The normalized spacial score (nSPS) is 18.7. The van der Waals surface area contributed by atoms with Crippen LogP contribution in [0.15, 0.2) is 54.6 Å². The van der Waals surface area contributed by atoms with Crippen LogP contribution in [0.25, 0.3) is 0 Å². The summed E-state index contributed by atoms with van der Waals surface area (Å²) in [6.07, 6.45) is 0.530. The first kappa shape index (κ1) is 18.1. The Morgan fingerprint density at radius 2 is 1.81 bits per heavy atom. The van der Waals surface area contributed by atoms with Crippen LogP contribution in [0.2, 0.25) is 0 Å². The Morgan fingerprint density at radius 1 is 1.15 bits per heavy atom. The molecule has 2 N–H and O–H groups in total. The number of carbonyl (C=O) groups excluding carboxylic acids is 3. The van der Waals surface area contributed by atoms with E-state index in [-0.39, 0.29) is 6.42 Å². The Bertz CT molecular complexity index is 918. The second kappa shape index (κ2) is 7.30. The van der Waals surface area contributed by atoms with Crippen LogP contribution in [-0.4, -0.2) is 22.9 Å². The number of imide groups is 1. The number of nitrogens with zero attached hydrogens (tertiary/aromatic N) is 2. The fourth-order valence-corrected chi connectivity index (χ4v) is 2.89. The number of urea groups is 1. The number of nitrogens with one attached hydrogen (secondary N) is 2. The van der Waals surface area contributed by atoms with Gasteiger partial charge in [-0.05, 0) is 36.6 Å². The molecule has 136 valence electrons. The van der Waals surface area contributed by atoms with E-state index in [1.807, 2.05) is 12.1 Å². The number of amides is 4. The first-order valence-corrected chi connectivity index (χ1v) is 8.45. The van der Waals surface area contributed by atoms with Gasteiger partial charge in [0.15, 0.2) is 0 Å². The monoisotopic (exact) mass is 362 g/mol. The summed E-state index contributed by atoms with van der Waals surface area (Å²) in [7, 11) is 0. The molecule has 1 fully saturated rings. The summed E-state index contributed by atoms with van der Waals surface area (Å²) in [5, 5.41) is 12.2. The van der Waals surface area contributed by atoms with E-state index >= 15 is 0 Å². The Morgan fingerprint density at radius 3 is 2.44 bits per heavy atom. The van der Waals surface area contributed by atoms with Crippen LogP contribution in [0.4, 0.5) is 4.79 Å². The maximum absolute atomic E-state index is 12.7. The lowest BCUT2D eigenvalue weighted by Gasteiger charge is -2.22. The van der Waals surface area contributed by atoms with Gasteiger partial charge in [0.1, 0.15) is 5.54 Å². The first-order valence-electron chi connectivity index (χ1n) is 8.45. The van der Waals surface area contributed by atoms with Crippen LogP contribution in [0.3, 0.4) is 0 Å². The number of benzene rings is 2. The molecule has 1 saturated heterocycles. The largest absolute Gasteiger partial charge is 0.344 e. The summed E-state index contributed by atoms with van der Waals surface area (Å²) in [6.45, 7) is 1.60. The number of hydrogen-bond acceptors (Lipinski definition) is 4. The predicted molar refractivity (Wildman–Crippen MR) is 96.8 cm³/mol. The van der Waals surface area contributed by atoms with Crippen molar-refractivity contribution in [2.24, 2.45) is 0 Å². The van der Waals surface area contributed by atoms with E-state index in [0.717, 1.165) is 10.6 Å². The molecule has 2 aromatic carbocycles. The quantitative estimate of drug-likeness (QED) is 0.794. The average molecular weight is 362 g/mol. The van der Waals surface area contributed by atoms with Crippen molar-refractivity contribution >= 4 is 17.8 Å². The van der Waals surface area contributed by atoms with Gasteiger partial charge in [0.05, 0.1) is 11.6 Å². The maximum Gasteiger partial charge on any atom is 0.344 e. The number of rotatable bonds is 5. The SMILES string of the molecule is CC1(c2ccccc2)NC(=O)N(NC(=O)CCc2ccc(C#N)cc2)C1=O. The molecule has 3 rings (SSSR count). The Labute approximate surface area is 156 Å². The predicted octanol–water partition coefficient (Wildman–Crippen LogP) is 1.99. The zero-order chi connectivity index (χ0) is 19.4. The molecule has 2 aromatic rings. The van der Waals surface area contributed by atoms with Crippen molar-refractivity contribution < 1.29 is 14.4 Å². The van der Waals surface area contributed by atoms with Crippen molar-refractivity contribution in [3.05, 3.63) is 71.3 Å². The van der Waals surface area contributed by atoms with Gasteiger partial charge in [-0.15, -0.1) is 0 Å². The summed E-state index contributed by atoms with van der Waals surface area (Å²) < 4.78 is 0. The van der Waals surface area contributed by atoms with Gasteiger partial charge in [-0.2, -0.15) is 10.3 Å². The van der Waals surface area contributed by atoms with Gasteiger partial charge in [0, 0.05) is 6.42 Å². The molecule has 1 heterocycles. The van der Waals surface area contributed by atoms with Crippen molar-refractivity contribution in [1.29, 1.82) is 5.26 Å². The van der Waals surface area contributed by atoms with Crippen LogP contribution in [0.5, 0.6) is 0 Å². The molecule has 0 bridgehead atoms. The number of hydrogen-bond donors (Lipinski definition) is 2. The van der Waals surface area contributed by atoms with Crippen molar-refractivity contribution in [2.45, 2.75) is 25.3 Å². The van der Waals surface area contributed by atoms with Gasteiger partial charge >= 0.3 is 6.03 Å². The second-order valence-electron chi connectivity index (χ2n) is 6.41.